The van der Waals surface area contributed by atoms with Crippen LogP contribution in [0.3, 0.4) is 0 Å². The van der Waals surface area contributed by atoms with E-state index in [1.165, 1.54) is 6.07 Å². The number of anilines is 2. The van der Waals surface area contributed by atoms with Crippen LogP contribution in [0.4, 0.5) is 11.6 Å². The van der Waals surface area contributed by atoms with E-state index < -0.39 is 15.9 Å². The second kappa shape index (κ2) is 9.88. The third-order valence-corrected chi connectivity index (χ3v) is 8.31. The average Bonchev–Trinajstić information content (AvgIpc) is 3.38. The van der Waals surface area contributed by atoms with Crippen LogP contribution >= 0.6 is 22.9 Å². The second-order valence-electron chi connectivity index (χ2n) is 8.22. The van der Waals surface area contributed by atoms with E-state index in [-0.39, 0.29) is 26.5 Å². The zero-order valence-corrected chi connectivity index (χ0v) is 22.2. The summed E-state index contributed by atoms with van der Waals surface area (Å²) in [6.45, 7) is 6.89. The Morgan fingerprint density at radius 2 is 1.72 bits per heavy atom. The number of thiophene rings is 1. The number of sulfonamides is 1. The first-order valence-corrected chi connectivity index (χ1v) is 13.4. The molecule has 186 valence electrons. The van der Waals surface area contributed by atoms with Crippen molar-refractivity contribution in [1.29, 1.82) is 0 Å². The number of carbonyl (C=O) groups is 2. The Balaban J connectivity index is 1.71. The van der Waals surface area contributed by atoms with Crippen LogP contribution in [0.15, 0.2) is 57.9 Å². The number of rotatable bonds is 7. The molecule has 2 N–H and O–H groups in total. The Bertz CT molecular complexity index is 1590. The lowest BCUT2D eigenvalue weighted by Crippen LogP contribution is -2.20. The maximum absolute atomic E-state index is 13.4. The van der Waals surface area contributed by atoms with Crippen LogP contribution in [0.25, 0.3) is 0 Å². The molecule has 4 rings (SSSR count). The van der Waals surface area contributed by atoms with Crippen molar-refractivity contribution in [3.05, 3.63) is 91.3 Å². The van der Waals surface area contributed by atoms with Gasteiger partial charge in [0.05, 0.1) is 5.69 Å². The first-order valence-electron chi connectivity index (χ1n) is 10.8. The fourth-order valence-corrected chi connectivity index (χ4v) is 6.34. The highest BCUT2D eigenvalue weighted by atomic mass is 35.5. The van der Waals surface area contributed by atoms with Crippen molar-refractivity contribution in [2.45, 2.75) is 32.6 Å². The highest BCUT2D eigenvalue weighted by molar-refractivity contribution is 7.93. The Labute approximate surface area is 217 Å². The van der Waals surface area contributed by atoms with Crippen molar-refractivity contribution < 1.29 is 22.5 Å². The van der Waals surface area contributed by atoms with Gasteiger partial charge in [-0.1, -0.05) is 53.2 Å². The molecule has 2 aromatic heterocycles. The molecule has 0 spiro atoms. The number of amides is 1. The highest BCUT2D eigenvalue weighted by Gasteiger charge is 2.29. The predicted molar refractivity (Wildman–Crippen MR) is 140 cm³/mol. The molecule has 1 amide bonds. The molecule has 2 aromatic carbocycles. The van der Waals surface area contributed by atoms with Gasteiger partial charge in [-0.15, -0.1) is 11.3 Å². The molecule has 0 unspecified atom stereocenters. The largest absolute Gasteiger partial charge is 0.336 e. The van der Waals surface area contributed by atoms with Crippen molar-refractivity contribution in [2.75, 3.05) is 10.0 Å². The maximum atomic E-state index is 13.4. The number of ketones is 1. The minimum atomic E-state index is -4.24. The summed E-state index contributed by atoms with van der Waals surface area (Å²) >= 11 is 7.07. The van der Waals surface area contributed by atoms with Crippen LogP contribution in [-0.2, 0) is 10.0 Å². The van der Waals surface area contributed by atoms with Gasteiger partial charge >= 0.3 is 0 Å². The van der Waals surface area contributed by atoms with Gasteiger partial charge in [-0.3, -0.25) is 9.59 Å². The van der Waals surface area contributed by atoms with Gasteiger partial charge in [0, 0.05) is 16.0 Å². The van der Waals surface area contributed by atoms with E-state index in [2.05, 4.69) is 15.2 Å². The fraction of sp³-hybridized carbons (Fsp3) is 0.160. The number of nitrogens with one attached hydrogen (secondary N) is 2. The van der Waals surface area contributed by atoms with Crippen LogP contribution in [-0.4, -0.2) is 25.3 Å². The topological polar surface area (TPSA) is 118 Å². The normalized spacial score (nSPS) is 11.4. The summed E-state index contributed by atoms with van der Waals surface area (Å²) in [6, 6.07) is 13.6. The SMILES string of the molecule is Cc1cc(C)c(NC(=O)c2sc(C)cc2S(=O)(=O)Nc2onc(C)c2Cl)c(C(=O)c2ccccc2)c1. The molecule has 0 aliphatic rings. The third-order valence-electron chi connectivity index (χ3n) is 5.33. The molecule has 0 aliphatic heterocycles. The Morgan fingerprint density at radius 1 is 1.03 bits per heavy atom. The molecule has 0 saturated carbocycles. The van der Waals surface area contributed by atoms with Gasteiger partial charge in [-0.25, -0.2) is 13.1 Å². The van der Waals surface area contributed by atoms with Gasteiger partial charge in [-0.2, -0.15) is 0 Å². The van der Waals surface area contributed by atoms with Crippen LogP contribution in [0.5, 0.6) is 0 Å². The monoisotopic (exact) mass is 543 g/mol. The smallest absolute Gasteiger partial charge is 0.267 e. The summed E-state index contributed by atoms with van der Waals surface area (Å²) in [5.74, 6) is -1.17. The zero-order chi connectivity index (χ0) is 26.2. The Hall–Kier alpha value is -3.47. The number of carbonyl (C=O) groups excluding carboxylic acids is 2. The zero-order valence-electron chi connectivity index (χ0n) is 19.8. The number of benzene rings is 2. The van der Waals surface area contributed by atoms with Crippen molar-refractivity contribution in [3.8, 4) is 0 Å². The molecule has 11 heteroatoms. The van der Waals surface area contributed by atoms with Gasteiger partial charge < -0.3 is 9.84 Å². The van der Waals surface area contributed by atoms with Crippen molar-refractivity contribution in [1.82, 2.24) is 5.16 Å². The van der Waals surface area contributed by atoms with E-state index in [0.717, 1.165) is 16.9 Å². The summed E-state index contributed by atoms with van der Waals surface area (Å²) in [4.78, 5) is 27.0. The minimum Gasteiger partial charge on any atom is -0.336 e. The maximum Gasteiger partial charge on any atom is 0.267 e. The van der Waals surface area contributed by atoms with Crippen LogP contribution in [0, 0.1) is 27.7 Å². The Kier molecular flexibility index (Phi) is 7.03. The number of hydrogen-bond acceptors (Lipinski definition) is 7. The number of aromatic nitrogens is 1. The lowest BCUT2D eigenvalue weighted by molar-refractivity contribution is 0.102. The molecule has 36 heavy (non-hydrogen) atoms. The Morgan fingerprint density at radius 3 is 2.36 bits per heavy atom. The molecule has 0 atom stereocenters. The van der Waals surface area contributed by atoms with Crippen molar-refractivity contribution in [3.63, 3.8) is 0 Å². The third kappa shape index (κ3) is 5.06. The van der Waals surface area contributed by atoms with Gasteiger partial charge in [0.1, 0.15) is 20.5 Å². The molecule has 0 aliphatic carbocycles. The number of halogens is 1. The number of aryl methyl sites for hydroxylation is 4. The molecular formula is C25H22ClN3O5S2. The van der Waals surface area contributed by atoms with E-state index in [1.807, 2.05) is 19.1 Å². The van der Waals surface area contributed by atoms with Crippen molar-refractivity contribution in [2.24, 2.45) is 0 Å². The second-order valence-corrected chi connectivity index (χ2v) is 11.5. The molecule has 2 heterocycles. The average molecular weight is 544 g/mol. The number of nitrogens with zero attached hydrogens (tertiary/aromatic N) is 1. The van der Waals surface area contributed by atoms with E-state index in [4.69, 9.17) is 16.1 Å². The summed E-state index contributed by atoms with van der Waals surface area (Å²) < 4.78 is 33.5. The van der Waals surface area contributed by atoms with Crippen LogP contribution in [0.1, 0.15) is 47.3 Å². The summed E-state index contributed by atoms with van der Waals surface area (Å²) in [7, 11) is -4.24. The first kappa shape index (κ1) is 25.6. The molecule has 0 saturated heterocycles. The number of hydrogen-bond donors (Lipinski definition) is 2. The molecule has 0 bridgehead atoms. The van der Waals surface area contributed by atoms with E-state index >= 15 is 0 Å². The molecule has 0 radical (unpaired) electrons. The van der Waals surface area contributed by atoms with Crippen LogP contribution in [0.2, 0.25) is 5.02 Å². The minimum absolute atomic E-state index is 0.0240. The van der Waals surface area contributed by atoms with Crippen LogP contribution < -0.4 is 10.0 Å². The van der Waals surface area contributed by atoms with Gasteiger partial charge in [0.2, 0.25) is 0 Å². The van der Waals surface area contributed by atoms with Gasteiger partial charge in [-0.05, 0) is 51.0 Å². The first-order chi connectivity index (χ1) is 17.0. The quantitative estimate of drug-likeness (QED) is 0.280. The molecule has 8 nitrogen and oxygen atoms in total. The standard InChI is InChI=1S/C25H22ClN3O5S2/c1-13-10-14(2)21(18(11-13)22(30)17-8-6-5-7-9-17)27-24(31)23-19(12-15(3)35-23)36(32,33)29-25-20(26)16(4)28-34-25/h5-12,29H,1-4H3,(H,27,31). The lowest BCUT2D eigenvalue weighted by atomic mass is 9.96. The highest BCUT2D eigenvalue weighted by Crippen LogP contribution is 2.33. The van der Waals surface area contributed by atoms with E-state index in [1.54, 1.807) is 51.1 Å². The molecular weight excluding hydrogens is 522 g/mol. The van der Waals surface area contributed by atoms with Gasteiger partial charge in [0.25, 0.3) is 21.8 Å². The molecule has 4 aromatic rings. The van der Waals surface area contributed by atoms with Gasteiger partial charge in [0.15, 0.2) is 5.78 Å². The van der Waals surface area contributed by atoms with E-state index in [9.17, 15) is 18.0 Å². The van der Waals surface area contributed by atoms with Crippen molar-refractivity contribution >= 4 is 56.2 Å². The fourth-order valence-electron chi connectivity index (χ4n) is 3.68. The summed E-state index contributed by atoms with van der Waals surface area (Å²) in [5, 5.41) is 6.44. The van der Waals surface area contributed by atoms with E-state index in [0.29, 0.717) is 32.9 Å². The lowest BCUT2D eigenvalue weighted by Gasteiger charge is -2.15. The predicted octanol–water partition coefficient (Wildman–Crippen LogP) is 5.91. The molecule has 0 fully saturated rings. The summed E-state index contributed by atoms with van der Waals surface area (Å²) in [6.07, 6.45) is 0. The summed E-state index contributed by atoms with van der Waals surface area (Å²) in [5.41, 5.74) is 2.93.